The first-order valence-electron chi connectivity index (χ1n) is 4.05. The van der Waals surface area contributed by atoms with Crippen LogP contribution in [0.5, 0.6) is 0 Å². The van der Waals surface area contributed by atoms with Crippen LogP contribution >= 0.6 is 22.9 Å². The van der Waals surface area contributed by atoms with Gasteiger partial charge in [-0.1, -0.05) is 11.6 Å². The number of hydrogen-bond acceptors (Lipinski definition) is 1. The number of thiophene rings is 1. The van der Waals surface area contributed by atoms with Crippen molar-refractivity contribution in [1.29, 1.82) is 0 Å². The van der Waals surface area contributed by atoms with Crippen LogP contribution in [-0.4, -0.2) is 0 Å². The van der Waals surface area contributed by atoms with Crippen LogP contribution in [0.1, 0.15) is 17.6 Å². The van der Waals surface area contributed by atoms with E-state index in [1.807, 2.05) is 0 Å². The van der Waals surface area contributed by atoms with Crippen molar-refractivity contribution in [2.45, 2.75) is 13.3 Å². The number of hydrogen-bond donors (Lipinski definition) is 0. The molecule has 0 aliphatic heterocycles. The zero-order valence-corrected chi connectivity index (χ0v) is 8.92. The van der Waals surface area contributed by atoms with E-state index in [-0.39, 0.29) is 5.56 Å². The van der Waals surface area contributed by atoms with E-state index in [0.29, 0.717) is 16.0 Å². The lowest BCUT2D eigenvalue weighted by Gasteiger charge is -2.06. The van der Waals surface area contributed by atoms with Crippen LogP contribution in [0, 0.1) is 6.92 Å². The lowest BCUT2D eigenvalue weighted by molar-refractivity contribution is 0.153. The number of alkyl halides is 2. The highest BCUT2D eigenvalue weighted by Crippen LogP contribution is 2.37. The predicted octanol–water partition coefficient (Wildman–Crippen LogP) is 4.80. The van der Waals surface area contributed by atoms with Crippen LogP contribution in [0.15, 0.2) is 17.5 Å². The SMILES string of the molecule is Cc1cc(C(F)F)c2ccsc2c1Cl. The molecule has 0 spiro atoms. The highest BCUT2D eigenvalue weighted by Gasteiger charge is 2.15. The quantitative estimate of drug-likeness (QED) is 0.663. The van der Waals surface area contributed by atoms with Crippen molar-refractivity contribution in [3.8, 4) is 0 Å². The third-order valence-corrected chi connectivity index (χ3v) is 3.66. The van der Waals surface area contributed by atoms with Crippen molar-refractivity contribution in [3.05, 3.63) is 33.7 Å². The van der Waals surface area contributed by atoms with Gasteiger partial charge < -0.3 is 0 Å². The summed E-state index contributed by atoms with van der Waals surface area (Å²) in [5.41, 5.74) is 0.778. The second kappa shape index (κ2) is 3.48. The van der Waals surface area contributed by atoms with E-state index in [4.69, 9.17) is 11.6 Å². The Morgan fingerprint density at radius 3 is 2.79 bits per heavy atom. The molecule has 4 heteroatoms. The van der Waals surface area contributed by atoms with Crippen molar-refractivity contribution < 1.29 is 8.78 Å². The fourth-order valence-corrected chi connectivity index (χ4v) is 2.65. The average molecular weight is 233 g/mol. The Kier molecular flexibility index (Phi) is 2.45. The van der Waals surface area contributed by atoms with Gasteiger partial charge in [-0.25, -0.2) is 8.78 Å². The molecule has 0 fully saturated rings. The smallest absolute Gasteiger partial charge is 0.205 e. The molecular weight excluding hydrogens is 226 g/mol. The molecule has 1 heterocycles. The summed E-state index contributed by atoms with van der Waals surface area (Å²) in [6, 6.07) is 3.15. The fourth-order valence-electron chi connectivity index (χ4n) is 1.44. The van der Waals surface area contributed by atoms with Gasteiger partial charge in [0.2, 0.25) is 0 Å². The van der Waals surface area contributed by atoms with Gasteiger partial charge in [0.25, 0.3) is 6.43 Å². The standard InChI is InChI=1S/C10H7ClF2S/c1-5-4-7(10(12)13)6-2-3-14-9(6)8(5)11/h2-4,10H,1H3. The average Bonchev–Trinajstić information content (AvgIpc) is 2.59. The summed E-state index contributed by atoms with van der Waals surface area (Å²) in [4.78, 5) is 0. The molecule has 1 aromatic carbocycles. The summed E-state index contributed by atoms with van der Waals surface area (Å²) in [5, 5.41) is 2.93. The Morgan fingerprint density at radius 1 is 1.43 bits per heavy atom. The molecule has 0 nitrogen and oxygen atoms in total. The molecule has 0 unspecified atom stereocenters. The molecule has 0 radical (unpaired) electrons. The van der Waals surface area contributed by atoms with Gasteiger partial charge in [0.15, 0.2) is 0 Å². The van der Waals surface area contributed by atoms with E-state index in [0.717, 1.165) is 4.70 Å². The monoisotopic (exact) mass is 232 g/mol. The first-order chi connectivity index (χ1) is 6.61. The number of aryl methyl sites for hydroxylation is 1. The molecule has 14 heavy (non-hydrogen) atoms. The van der Waals surface area contributed by atoms with Gasteiger partial charge in [-0.05, 0) is 30.0 Å². The molecule has 0 saturated carbocycles. The van der Waals surface area contributed by atoms with Gasteiger partial charge in [-0.15, -0.1) is 11.3 Å². The van der Waals surface area contributed by atoms with Crippen molar-refractivity contribution in [1.82, 2.24) is 0 Å². The minimum atomic E-state index is -2.44. The molecule has 0 aliphatic rings. The van der Waals surface area contributed by atoms with Crippen LogP contribution in [0.4, 0.5) is 8.78 Å². The minimum absolute atomic E-state index is 0.0724. The van der Waals surface area contributed by atoms with Crippen LogP contribution in [0.25, 0.3) is 10.1 Å². The number of halogens is 3. The van der Waals surface area contributed by atoms with E-state index in [9.17, 15) is 8.78 Å². The molecule has 2 rings (SSSR count). The number of fused-ring (bicyclic) bond motifs is 1. The lowest BCUT2D eigenvalue weighted by atomic mass is 10.1. The van der Waals surface area contributed by atoms with Gasteiger partial charge >= 0.3 is 0 Å². The van der Waals surface area contributed by atoms with Crippen LogP contribution in [0.2, 0.25) is 5.02 Å². The van der Waals surface area contributed by atoms with Crippen LogP contribution in [0.3, 0.4) is 0 Å². The largest absolute Gasteiger partial charge is 0.264 e. The second-order valence-corrected chi connectivity index (χ2v) is 4.35. The van der Waals surface area contributed by atoms with E-state index in [1.54, 1.807) is 18.4 Å². The number of rotatable bonds is 1. The molecule has 74 valence electrons. The van der Waals surface area contributed by atoms with Crippen LogP contribution in [-0.2, 0) is 0 Å². The summed E-state index contributed by atoms with van der Waals surface area (Å²) >= 11 is 7.40. The highest BCUT2D eigenvalue weighted by atomic mass is 35.5. The molecular formula is C10H7ClF2S. The summed E-state index contributed by atoms with van der Waals surface area (Å²) in [6.45, 7) is 1.74. The summed E-state index contributed by atoms with van der Waals surface area (Å²) in [6.07, 6.45) is -2.44. The van der Waals surface area contributed by atoms with Gasteiger partial charge in [0, 0.05) is 10.9 Å². The zero-order valence-electron chi connectivity index (χ0n) is 7.35. The Bertz CT molecular complexity index is 476. The molecule has 1 aromatic heterocycles. The molecule has 0 saturated heterocycles. The van der Waals surface area contributed by atoms with Gasteiger partial charge in [-0.2, -0.15) is 0 Å². The normalized spacial score (nSPS) is 11.5. The van der Waals surface area contributed by atoms with Crippen molar-refractivity contribution >= 4 is 33.0 Å². The Balaban J connectivity index is 2.84. The van der Waals surface area contributed by atoms with Crippen LogP contribution < -0.4 is 0 Å². The third-order valence-electron chi connectivity index (χ3n) is 2.13. The van der Waals surface area contributed by atoms with E-state index >= 15 is 0 Å². The maximum atomic E-state index is 12.6. The van der Waals surface area contributed by atoms with E-state index in [1.165, 1.54) is 17.4 Å². The van der Waals surface area contributed by atoms with Gasteiger partial charge in [0.1, 0.15) is 0 Å². The van der Waals surface area contributed by atoms with Gasteiger partial charge in [0.05, 0.1) is 9.72 Å². The zero-order chi connectivity index (χ0) is 10.3. The van der Waals surface area contributed by atoms with Crippen molar-refractivity contribution in [2.24, 2.45) is 0 Å². The third kappa shape index (κ3) is 1.41. The minimum Gasteiger partial charge on any atom is -0.205 e. The Hall–Kier alpha value is -0.670. The first-order valence-corrected chi connectivity index (χ1v) is 5.31. The topological polar surface area (TPSA) is 0 Å². The second-order valence-electron chi connectivity index (χ2n) is 3.06. The first kappa shape index (κ1) is 9.87. The molecule has 0 atom stereocenters. The van der Waals surface area contributed by atoms with Gasteiger partial charge in [-0.3, -0.25) is 0 Å². The van der Waals surface area contributed by atoms with E-state index in [2.05, 4.69) is 0 Å². The summed E-state index contributed by atoms with van der Waals surface area (Å²) in [5.74, 6) is 0. The maximum Gasteiger partial charge on any atom is 0.264 e. The number of benzene rings is 1. The Morgan fingerprint density at radius 2 is 2.14 bits per heavy atom. The van der Waals surface area contributed by atoms with Crippen molar-refractivity contribution in [2.75, 3.05) is 0 Å². The summed E-state index contributed by atoms with van der Waals surface area (Å²) in [7, 11) is 0. The molecule has 0 N–H and O–H groups in total. The van der Waals surface area contributed by atoms with Crippen molar-refractivity contribution in [3.63, 3.8) is 0 Å². The molecule has 2 aromatic rings. The summed E-state index contributed by atoms with van der Waals surface area (Å²) < 4.78 is 26.0. The Labute approximate surface area is 89.1 Å². The molecule has 0 bridgehead atoms. The fraction of sp³-hybridized carbons (Fsp3) is 0.200. The highest BCUT2D eigenvalue weighted by molar-refractivity contribution is 7.17. The predicted molar refractivity (Wildman–Crippen MR) is 56.5 cm³/mol. The molecule has 0 amide bonds. The lowest BCUT2D eigenvalue weighted by Crippen LogP contribution is -1.87. The van der Waals surface area contributed by atoms with E-state index < -0.39 is 6.43 Å². The molecule has 0 aliphatic carbocycles. The maximum absolute atomic E-state index is 12.6.